The van der Waals surface area contributed by atoms with E-state index >= 15 is 0 Å². The third kappa shape index (κ3) is 5.21. The molecule has 1 amide bonds. The van der Waals surface area contributed by atoms with Crippen LogP contribution in [-0.2, 0) is 14.8 Å². The lowest BCUT2D eigenvalue weighted by atomic mass is 9.93. The summed E-state index contributed by atoms with van der Waals surface area (Å²) < 4.78 is 24.4. The van der Waals surface area contributed by atoms with Gasteiger partial charge >= 0.3 is 0 Å². The summed E-state index contributed by atoms with van der Waals surface area (Å²) in [5.41, 5.74) is 0. The predicted molar refractivity (Wildman–Crippen MR) is 87.0 cm³/mol. The lowest BCUT2D eigenvalue weighted by Gasteiger charge is -2.30. The van der Waals surface area contributed by atoms with Crippen LogP contribution in [0, 0.1) is 11.8 Å². The van der Waals surface area contributed by atoms with E-state index in [0.29, 0.717) is 25.9 Å². The molecule has 2 fully saturated rings. The van der Waals surface area contributed by atoms with Crippen LogP contribution in [0.3, 0.4) is 0 Å². The van der Waals surface area contributed by atoms with Gasteiger partial charge in [0.05, 0.1) is 6.26 Å². The Morgan fingerprint density at radius 3 is 2.23 bits per heavy atom. The number of hydrogen-bond donors (Lipinski definition) is 1. The molecule has 0 aromatic rings. The monoisotopic (exact) mass is 331 g/mol. The molecular formula is C15H29N3O3S. The van der Waals surface area contributed by atoms with Crippen LogP contribution < -0.4 is 5.32 Å². The molecule has 1 N–H and O–H groups in total. The molecule has 2 heterocycles. The molecule has 22 heavy (non-hydrogen) atoms. The smallest absolute Gasteiger partial charge is 0.223 e. The van der Waals surface area contributed by atoms with E-state index in [1.165, 1.54) is 23.4 Å². The molecule has 0 spiro atoms. The Hall–Kier alpha value is -0.660. The lowest BCUT2D eigenvalue weighted by molar-refractivity contribution is -0.126. The van der Waals surface area contributed by atoms with Gasteiger partial charge in [-0.05, 0) is 58.2 Å². The summed E-state index contributed by atoms with van der Waals surface area (Å²) in [6.45, 7) is 3.99. The van der Waals surface area contributed by atoms with Crippen molar-refractivity contribution in [2.24, 2.45) is 11.8 Å². The molecule has 0 bridgehead atoms. The highest BCUT2D eigenvalue weighted by atomic mass is 32.2. The second-order valence-electron chi connectivity index (χ2n) is 6.76. The minimum absolute atomic E-state index is 0.0320. The van der Waals surface area contributed by atoms with Crippen molar-refractivity contribution in [3.05, 3.63) is 0 Å². The molecule has 0 atom stereocenters. The van der Waals surface area contributed by atoms with Crippen molar-refractivity contribution in [2.45, 2.75) is 32.1 Å². The third-order valence-corrected chi connectivity index (χ3v) is 6.29. The Labute approximate surface area is 134 Å². The minimum Gasteiger partial charge on any atom is -0.356 e. The van der Waals surface area contributed by atoms with Crippen molar-refractivity contribution in [1.29, 1.82) is 0 Å². The average molecular weight is 331 g/mol. The van der Waals surface area contributed by atoms with Crippen molar-refractivity contribution in [3.8, 4) is 0 Å². The summed E-state index contributed by atoms with van der Waals surface area (Å²) >= 11 is 0. The molecular weight excluding hydrogens is 302 g/mol. The average Bonchev–Trinajstić information content (AvgIpc) is 2.48. The van der Waals surface area contributed by atoms with Gasteiger partial charge in [-0.25, -0.2) is 12.7 Å². The summed E-state index contributed by atoms with van der Waals surface area (Å²) in [5.74, 6) is 0.792. The van der Waals surface area contributed by atoms with Gasteiger partial charge in [-0.3, -0.25) is 4.79 Å². The van der Waals surface area contributed by atoms with E-state index in [1.54, 1.807) is 0 Å². The van der Waals surface area contributed by atoms with Crippen LogP contribution in [0.25, 0.3) is 0 Å². The molecule has 2 aliphatic heterocycles. The van der Waals surface area contributed by atoms with E-state index in [0.717, 1.165) is 32.0 Å². The predicted octanol–water partition coefficient (Wildman–Crippen LogP) is 0.506. The van der Waals surface area contributed by atoms with Gasteiger partial charge in [0, 0.05) is 25.6 Å². The molecule has 128 valence electrons. The van der Waals surface area contributed by atoms with Crippen molar-refractivity contribution in [3.63, 3.8) is 0 Å². The molecule has 0 aliphatic carbocycles. The number of carbonyl (C=O) groups excluding carboxylic acids is 1. The fourth-order valence-electron chi connectivity index (χ4n) is 3.34. The second kappa shape index (κ2) is 7.75. The molecule has 6 nitrogen and oxygen atoms in total. The van der Waals surface area contributed by atoms with Crippen molar-refractivity contribution >= 4 is 15.9 Å². The highest BCUT2D eigenvalue weighted by molar-refractivity contribution is 7.88. The third-order valence-electron chi connectivity index (χ3n) is 4.98. The Bertz CT molecular complexity index is 464. The van der Waals surface area contributed by atoms with Crippen LogP contribution in [0.4, 0.5) is 0 Å². The van der Waals surface area contributed by atoms with E-state index < -0.39 is 10.0 Å². The summed E-state index contributed by atoms with van der Waals surface area (Å²) in [7, 11) is -0.960. The van der Waals surface area contributed by atoms with Crippen LogP contribution >= 0.6 is 0 Å². The molecule has 0 unspecified atom stereocenters. The maximum Gasteiger partial charge on any atom is 0.223 e. The van der Waals surface area contributed by atoms with Gasteiger partial charge in [0.15, 0.2) is 0 Å². The number of nitrogens with one attached hydrogen (secondary N) is 1. The fourth-order valence-corrected chi connectivity index (χ4v) is 4.22. The van der Waals surface area contributed by atoms with E-state index in [1.807, 2.05) is 0 Å². The number of rotatable bonds is 5. The molecule has 2 aliphatic rings. The van der Waals surface area contributed by atoms with Gasteiger partial charge in [-0.1, -0.05) is 0 Å². The van der Waals surface area contributed by atoms with Crippen LogP contribution in [0.1, 0.15) is 32.1 Å². The Morgan fingerprint density at radius 2 is 1.68 bits per heavy atom. The van der Waals surface area contributed by atoms with E-state index in [2.05, 4.69) is 17.3 Å². The molecule has 0 aromatic carbocycles. The zero-order valence-electron chi connectivity index (χ0n) is 13.8. The quantitative estimate of drug-likeness (QED) is 0.797. The zero-order chi connectivity index (χ0) is 16.2. The zero-order valence-corrected chi connectivity index (χ0v) is 14.6. The molecule has 0 radical (unpaired) electrons. The van der Waals surface area contributed by atoms with E-state index in [9.17, 15) is 13.2 Å². The molecule has 7 heteroatoms. The van der Waals surface area contributed by atoms with Crippen LogP contribution in [0.15, 0.2) is 0 Å². The van der Waals surface area contributed by atoms with Crippen LogP contribution in [0.5, 0.6) is 0 Å². The first-order valence-electron chi connectivity index (χ1n) is 8.27. The van der Waals surface area contributed by atoms with E-state index in [-0.39, 0.29) is 11.8 Å². The first-order chi connectivity index (χ1) is 10.4. The summed E-state index contributed by atoms with van der Waals surface area (Å²) in [4.78, 5) is 14.5. The number of hydrogen-bond acceptors (Lipinski definition) is 4. The summed E-state index contributed by atoms with van der Waals surface area (Å²) in [6, 6.07) is 0. The van der Waals surface area contributed by atoms with Crippen LogP contribution in [0.2, 0.25) is 0 Å². The maximum atomic E-state index is 12.2. The van der Waals surface area contributed by atoms with Crippen molar-refractivity contribution in [1.82, 2.24) is 14.5 Å². The second-order valence-corrected chi connectivity index (χ2v) is 8.75. The van der Waals surface area contributed by atoms with Gasteiger partial charge in [-0.2, -0.15) is 0 Å². The van der Waals surface area contributed by atoms with Gasteiger partial charge < -0.3 is 10.2 Å². The largest absolute Gasteiger partial charge is 0.356 e. The first-order valence-corrected chi connectivity index (χ1v) is 10.1. The number of nitrogens with zero attached hydrogens (tertiary/aromatic N) is 2. The number of sulfonamides is 1. The van der Waals surface area contributed by atoms with Gasteiger partial charge in [0.1, 0.15) is 0 Å². The molecule has 0 saturated carbocycles. The van der Waals surface area contributed by atoms with Crippen molar-refractivity contribution in [2.75, 3.05) is 46.0 Å². The normalized spacial score (nSPS) is 23.5. The Kier molecular flexibility index (Phi) is 6.23. The minimum atomic E-state index is -3.11. The number of carbonyl (C=O) groups is 1. The van der Waals surface area contributed by atoms with Gasteiger partial charge in [0.25, 0.3) is 0 Å². The summed E-state index contributed by atoms with van der Waals surface area (Å²) in [5, 5.41) is 3.04. The molecule has 0 aromatic heterocycles. The Morgan fingerprint density at radius 1 is 1.09 bits per heavy atom. The highest BCUT2D eigenvalue weighted by Crippen LogP contribution is 2.21. The lowest BCUT2D eigenvalue weighted by Crippen LogP contribution is -2.43. The standard InChI is InChI=1S/C15H29N3O3S/c1-17-9-4-13(5-10-17)3-8-16-15(19)14-6-11-18(12-7-14)22(2,20)21/h13-14H,3-12H2,1-2H3,(H,16,19). The fraction of sp³-hybridized carbons (Fsp3) is 0.933. The SMILES string of the molecule is CN1CCC(CCNC(=O)C2CCN(S(C)(=O)=O)CC2)CC1. The Balaban J connectivity index is 1.64. The summed E-state index contributed by atoms with van der Waals surface area (Å²) in [6.07, 6.45) is 6.00. The van der Waals surface area contributed by atoms with Crippen LogP contribution in [-0.4, -0.2) is 69.6 Å². The number of amides is 1. The highest BCUT2D eigenvalue weighted by Gasteiger charge is 2.28. The van der Waals surface area contributed by atoms with Crippen molar-refractivity contribution < 1.29 is 13.2 Å². The maximum absolute atomic E-state index is 12.2. The van der Waals surface area contributed by atoms with Gasteiger partial charge in [0.2, 0.25) is 15.9 Å². The van der Waals surface area contributed by atoms with E-state index in [4.69, 9.17) is 0 Å². The molecule has 2 saturated heterocycles. The topological polar surface area (TPSA) is 69.7 Å². The number of piperidine rings is 2. The molecule has 2 rings (SSSR count). The first kappa shape index (κ1) is 17.7. The number of likely N-dealkylation sites (tertiary alicyclic amines) is 1. The van der Waals surface area contributed by atoms with Gasteiger partial charge in [-0.15, -0.1) is 0 Å².